The second-order valence-corrected chi connectivity index (χ2v) is 4.78. The van der Waals surface area contributed by atoms with Gasteiger partial charge >= 0.3 is 0 Å². The first kappa shape index (κ1) is 10.1. The Morgan fingerprint density at radius 1 is 1.17 bits per heavy atom. The SMILES string of the molecule is CCCC(C)C(C)CC1CCC1. The summed E-state index contributed by atoms with van der Waals surface area (Å²) in [5, 5.41) is 0. The molecule has 0 heterocycles. The second-order valence-electron chi connectivity index (χ2n) is 4.78. The number of hydrogen-bond acceptors (Lipinski definition) is 0. The number of rotatable bonds is 5. The van der Waals surface area contributed by atoms with Crippen LogP contribution in [0, 0.1) is 17.8 Å². The lowest BCUT2D eigenvalue weighted by molar-refractivity contribution is 0.216. The fourth-order valence-electron chi connectivity index (χ4n) is 2.23. The first-order chi connectivity index (χ1) is 5.74. The molecule has 1 rings (SSSR count). The summed E-state index contributed by atoms with van der Waals surface area (Å²) < 4.78 is 0. The van der Waals surface area contributed by atoms with Crippen LogP contribution in [0.5, 0.6) is 0 Å². The monoisotopic (exact) mass is 168 g/mol. The molecule has 0 heteroatoms. The zero-order valence-electron chi connectivity index (χ0n) is 8.97. The highest BCUT2D eigenvalue weighted by Crippen LogP contribution is 2.35. The largest absolute Gasteiger partial charge is 0.0654 e. The van der Waals surface area contributed by atoms with Gasteiger partial charge in [0.15, 0.2) is 0 Å². The van der Waals surface area contributed by atoms with Crippen molar-refractivity contribution < 1.29 is 0 Å². The Morgan fingerprint density at radius 2 is 1.83 bits per heavy atom. The van der Waals surface area contributed by atoms with E-state index in [4.69, 9.17) is 0 Å². The summed E-state index contributed by atoms with van der Waals surface area (Å²) in [6.07, 6.45) is 8.82. The van der Waals surface area contributed by atoms with Crippen LogP contribution >= 0.6 is 0 Å². The third-order valence-corrected chi connectivity index (χ3v) is 3.65. The van der Waals surface area contributed by atoms with Crippen molar-refractivity contribution in [2.75, 3.05) is 0 Å². The van der Waals surface area contributed by atoms with E-state index in [2.05, 4.69) is 20.8 Å². The predicted molar refractivity (Wildman–Crippen MR) is 55.2 cm³/mol. The molecule has 0 nitrogen and oxygen atoms in total. The molecule has 0 N–H and O–H groups in total. The van der Waals surface area contributed by atoms with Gasteiger partial charge in [-0.05, 0) is 24.2 Å². The maximum Gasteiger partial charge on any atom is -0.0412 e. The van der Waals surface area contributed by atoms with Gasteiger partial charge in [-0.15, -0.1) is 0 Å². The topological polar surface area (TPSA) is 0 Å². The van der Waals surface area contributed by atoms with E-state index >= 15 is 0 Å². The van der Waals surface area contributed by atoms with Crippen molar-refractivity contribution in [3.63, 3.8) is 0 Å². The highest BCUT2D eigenvalue weighted by atomic mass is 14.3. The lowest BCUT2D eigenvalue weighted by Crippen LogP contribution is -2.18. The van der Waals surface area contributed by atoms with Gasteiger partial charge in [-0.2, -0.15) is 0 Å². The molecule has 0 radical (unpaired) electrons. The molecule has 0 saturated heterocycles. The lowest BCUT2D eigenvalue weighted by Gasteiger charge is -2.30. The van der Waals surface area contributed by atoms with Crippen LogP contribution < -0.4 is 0 Å². The van der Waals surface area contributed by atoms with Crippen LogP contribution in [0.4, 0.5) is 0 Å². The molecule has 1 aliphatic rings. The average molecular weight is 168 g/mol. The fraction of sp³-hybridized carbons (Fsp3) is 1.00. The molecule has 72 valence electrons. The summed E-state index contributed by atoms with van der Waals surface area (Å²) in [5.41, 5.74) is 0. The van der Waals surface area contributed by atoms with Crippen molar-refractivity contribution in [1.82, 2.24) is 0 Å². The summed E-state index contributed by atoms with van der Waals surface area (Å²) in [4.78, 5) is 0. The van der Waals surface area contributed by atoms with Crippen LogP contribution in [0.15, 0.2) is 0 Å². The van der Waals surface area contributed by atoms with Gasteiger partial charge in [-0.25, -0.2) is 0 Å². The molecular formula is C12H24. The quantitative estimate of drug-likeness (QED) is 0.575. The first-order valence-corrected chi connectivity index (χ1v) is 5.74. The Kier molecular flexibility index (Phi) is 4.11. The minimum Gasteiger partial charge on any atom is -0.0654 e. The Bertz CT molecular complexity index is 113. The fourth-order valence-corrected chi connectivity index (χ4v) is 2.23. The normalized spacial score (nSPS) is 23.2. The molecule has 0 spiro atoms. The number of hydrogen-bond donors (Lipinski definition) is 0. The molecule has 0 bridgehead atoms. The lowest BCUT2D eigenvalue weighted by atomic mass is 9.76. The second kappa shape index (κ2) is 4.89. The molecule has 12 heavy (non-hydrogen) atoms. The van der Waals surface area contributed by atoms with E-state index in [0.717, 1.165) is 17.8 Å². The maximum absolute atomic E-state index is 2.44. The van der Waals surface area contributed by atoms with Gasteiger partial charge < -0.3 is 0 Å². The van der Waals surface area contributed by atoms with E-state index < -0.39 is 0 Å². The summed E-state index contributed by atoms with van der Waals surface area (Å²) >= 11 is 0. The van der Waals surface area contributed by atoms with E-state index in [0.29, 0.717) is 0 Å². The summed E-state index contributed by atoms with van der Waals surface area (Å²) in [7, 11) is 0. The molecule has 0 amide bonds. The van der Waals surface area contributed by atoms with Crippen molar-refractivity contribution in [2.45, 2.75) is 59.3 Å². The van der Waals surface area contributed by atoms with Crippen molar-refractivity contribution >= 4 is 0 Å². The predicted octanol–water partition coefficient (Wildman–Crippen LogP) is 4.25. The van der Waals surface area contributed by atoms with Crippen LogP contribution in [-0.4, -0.2) is 0 Å². The van der Waals surface area contributed by atoms with Gasteiger partial charge in [-0.1, -0.05) is 52.9 Å². The molecule has 2 atom stereocenters. The maximum atomic E-state index is 2.44. The Balaban J connectivity index is 2.12. The molecule has 1 fully saturated rings. The van der Waals surface area contributed by atoms with Crippen molar-refractivity contribution in [3.8, 4) is 0 Å². The zero-order chi connectivity index (χ0) is 8.97. The molecule has 0 aromatic carbocycles. The molecule has 1 aliphatic carbocycles. The van der Waals surface area contributed by atoms with Crippen LogP contribution in [0.25, 0.3) is 0 Å². The summed E-state index contributed by atoms with van der Waals surface area (Å²) in [6.45, 7) is 7.16. The van der Waals surface area contributed by atoms with Gasteiger partial charge in [-0.3, -0.25) is 0 Å². The third kappa shape index (κ3) is 2.80. The highest BCUT2D eigenvalue weighted by Gasteiger charge is 2.22. The smallest absolute Gasteiger partial charge is 0.0412 e. The van der Waals surface area contributed by atoms with Gasteiger partial charge in [0, 0.05) is 0 Å². The highest BCUT2D eigenvalue weighted by molar-refractivity contribution is 4.74. The van der Waals surface area contributed by atoms with E-state index in [1.54, 1.807) is 0 Å². The minimum atomic E-state index is 0.954. The van der Waals surface area contributed by atoms with Crippen molar-refractivity contribution in [3.05, 3.63) is 0 Å². The Labute approximate surface area is 77.7 Å². The molecule has 1 saturated carbocycles. The van der Waals surface area contributed by atoms with Crippen LogP contribution in [0.1, 0.15) is 59.3 Å². The molecular weight excluding hydrogens is 144 g/mol. The third-order valence-electron chi connectivity index (χ3n) is 3.65. The van der Waals surface area contributed by atoms with Gasteiger partial charge in [0.2, 0.25) is 0 Å². The summed E-state index contributed by atoms with van der Waals surface area (Å²) in [5.74, 6) is 3.02. The van der Waals surface area contributed by atoms with E-state index in [-0.39, 0.29) is 0 Å². The van der Waals surface area contributed by atoms with Crippen molar-refractivity contribution in [2.24, 2.45) is 17.8 Å². The van der Waals surface area contributed by atoms with Gasteiger partial charge in [0.1, 0.15) is 0 Å². The van der Waals surface area contributed by atoms with Crippen LogP contribution in [-0.2, 0) is 0 Å². The first-order valence-electron chi connectivity index (χ1n) is 5.74. The Hall–Kier alpha value is 0. The van der Waals surface area contributed by atoms with E-state index in [1.165, 1.54) is 38.5 Å². The van der Waals surface area contributed by atoms with E-state index in [9.17, 15) is 0 Å². The van der Waals surface area contributed by atoms with Crippen LogP contribution in [0.2, 0.25) is 0 Å². The molecule has 0 aliphatic heterocycles. The molecule has 0 aromatic heterocycles. The zero-order valence-corrected chi connectivity index (χ0v) is 8.97. The molecule has 0 aromatic rings. The van der Waals surface area contributed by atoms with Crippen LogP contribution in [0.3, 0.4) is 0 Å². The molecule has 2 unspecified atom stereocenters. The van der Waals surface area contributed by atoms with E-state index in [1.807, 2.05) is 0 Å². The van der Waals surface area contributed by atoms with Gasteiger partial charge in [0.05, 0.1) is 0 Å². The standard InChI is InChI=1S/C12H24/c1-4-6-10(2)11(3)9-12-7-5-8-12/h10-12H,4-9H2,1-3H3. The Morgan fingerprint density at radius 3 is 2.25 bits per heavy atom. The summed E-state index contributed by atoms with van der Waals surface area (Å²) in [6, 6.07) is 0. The van der Waals surface area contributed by atoms with Crippen molar-refractivity contribution in [1.29, 1.82) is 0 Å². The minimum absolute atomic E-state index is 0.954. The van der Waals surface area contributed by atoms with Gasteiger partial charge in [0.25, 0.3) is 0 Å². The average Bonchev–Trinajstić information content (AvgIpc) is 1.97.